The van der Waals surface area contributed by atoms with Crippen molar-refractivity contribution in [3.8, 4) is 5.69 Å². The molecule has 0 aliphatic rings. The molecule has 0 amide bonds. The van der Waals surface area contributed by atoms with Crippen molar-refractivity contribution < 1.29 is 18.0 Å². The zero-order chi connectivity index (χ0) is 13.3. The summed E-state index contributed by atoms with van der Waals surface area (Å²) in [6.45, 7) is 0. The molecule has 0 saturated heterocycles. The first-order chi connectivity index (χ1) is 8.41. The maximum Gasteiger partial charge on any atom is 0.435 e. The highest BCUT2D eigenvalue weighted by Crippen LogP contribution is 2.29. The predicted octanol–water partition coefficient (Wildman–Crippen LogP) is 3.47. The minimum Gasteiger partial charge on any atom is -0.298 e. The molecule has 0 atom stereocenters. The van der Waals surface area contributed by atoms with Crippen LogP contribution in [-0.4, -0.2) is 16.1 Å². The molecular formula is C11H6BrF3N2O. The zero-order valence-electron chi connectivity index (χ0n) is 8.78. The van der Waals surface area contributed by atoms with Crippen LogP contribution < -0.4 is 0 Å². The summed E-state index contributed by atoms with van der Waals surface area (Å²) in [7, 11) is 0. The molecule has 2 aromatic rings. The summed E-state index contributed by atoms with van der Waals surface area (Å²) in [6.07, 6.45) is -2.61. The van der Waals surface area contributed by atoms with Crippen LogP contribution in [0.5, 0.6) is 0 Å². The number of benzene rings is 1. The minimum absolute atomic E-state index is 0.425. The van der Waals surface area contributed by atoms with E-state index in [4.69, 9.17) is 0 Å². The first kappa shape index (κ1) is 12.8. The number of carbonyl (C=O) groups excluding carboxylic acids is 1. The molecule has 0 bridgehead atoms. The van der Waals surface area contributed by atoms with Gasteiger partial charge in [-0.05, 0) is 40.2 Å². The molecule has 0 aliphatic carbocycles. The second kappa shape index (κ2) is 4.56. The monoisotopic (exact) mass is 318 g/mol. The highest BCUT2D eigenvalue weighted by molar-refractivity contribution is 9.10. The van der Waals surface area contributed by atoms with Gasteiger partial charge in [-0.25, -0.2) is 4.68 Å². The Hall–Kier alpha value is -1.63. The molecule has 18 heavy (non-hydrogen) atoms. The molecule has 1 aromatic heterocycles. The number of alkyl halides is 3. The Morgan fingerprint density at radius 3 is 2.50 bits per heavy atom. The van der Waals surface area contributed by atoms with E-state index in [2.05, 4.69) is 21.0 Å². The molecule has 1 aromatic carbocycles. The zero-order valence-corrected chi connectivity index (χ0v) is 10.4. The Morgan fingerprint density at radius 1 is 1.28 bits per heavy atom. The van der Waals surface area contributed by atoms with Crippen molar-refractivity contribution in [1.82, 2.24) is 9.78 Å². The fourth-order valence-corrected chi connectivity index (χ4v) is 1.97. The Balaban J connectivity index is 2.43. The summed E-state index contributed by atoms with van der Waals surface area (Å²) in [4.78, 5) is 10.6. The molecular weight excluding hydrogens is 313 g/mol. The van der Waals surface area contributed by atoms with Gasteiger partial charge in [0.15, 0.2) is 5.69 Å². The molecule has 2 rings (SSSR count). The largest absolute Gasteiger partial charge is 0.435 e. The lowest BCUT2D eigenvalue weighted by Crippen LogP contribution is -2.07. The standard InChI is InChI=1S/C11H6BrF3N2O/c12-8-5-7(6-18)1-2-9(8)17-4-3-10(16-17)11(13,14)15/h1-6H. The fourth-order valence-electron chi connectivity index (χ4n) is 1.39. The molecule has 0 radical (unpaired) electrons. The van der Waals surface area contributed by atoms with Crippen LogP contribution >= 0.6 is 15.9 Å². The average molecular weight is 319 g/mol. The summed E-state index contributed by atoms with van der Waals surface area (Å²) >= 11 is 3.18. The van der Waals surface area contributed by atoms with Gasteiger partial charge in [-0.15, -0.1) is 0 Å². The summed E-state index contributed by atoms with van der Waals surface area (Å²) in [5, 5.41) is 3.44. The van der Waals surface area contributed by atoms with E-state index in [0.717, 1.165) is 10.7 Å². The van der Waals surface area contributed by atoms with Crippen molar-refractivity contribution in [2.24, 2.45) is 0 Å². The third kappa shape index (κ3) is 2.45. The number of carbonyl (C=O) groups is 1. The van der Waals surface area contributed by atoms with Crippen LogP contribution in [-0.2, 0) is 6.18 Å². The second-order valence-electron chi connectivity index (χ2n) is 3.47. The molecule has 7 heteroatoms. The molecule has 0 aliphatic heterocycles. The fraction of sp³-hybridized carbons (Fsp3) is 0.0909. The van der Waals surface area contributed by atoms with Gasteiger partial charge in [0.05, 0.1) is 5.69 Å². The Labute approximate surface area is 108 Å². The van der Waals surface area contributed by atoms with Crippen LogP contribution in [0.15, 0.2) is 34.9 Å². The average Bonchev–Trinajstić information content (AvgIpc) is 2.77. The van der Waals surface area contributed by atoms with E-state index >= 15 is 0 Å². The smallest absolute Gasteiger partial charge is 0.298 e. The Morgan fingerprint density at radius 2 is 2.00 bits per heavy atom. The van der Waals surface area contributed by atoms with Crippen LogP contribution in [0.2, 0.25) is 0 Å². The van der Waals surface area contributed by atoms with E-state index in [0.29, 0.717) is 22.0 Å². The molecule has 3 nitrogen and oxygen atoms in total. The van der Waals surface area contributed by atoms with E-state index in [-0.39, 0.29) is 0 Å². The summed E-state index contributed by atoms with van der Waals surface area (Å²) in [5.41, 5.74) is -0.112. The molecule has 0 spiro atoms. The van der Waals surface area contributed by atoms with E-state index in [1.807, 2.05) is 0 Å². The van der Waals surface area contributed by atoms with Crippen molar-refractivity contribution in [3.05, 3.63) is 46.2 Å². The summed E-state index contributed by atoms with van der Waals surface area (Å²) in [5.74, 6) is 0. The highest BCUT2D eigenvalue weighted by Gasteiger charge is 2.33. The van der Waals surface area contributed by atoms with Crippen molar-refractivity contribution in [3.63, 3.8) is 0 Å². The van der Waals surface area contributed by atoms with Gasteiger partial charge in [0.25, 0.3) is 0 Å². The number of halogens is 4. The van der Waals surface area contributed by atoms with E-state index in [1.54, 1.807) is 0 Å². The first-order valence-electron chi connectivity index (χ1n) is 4.80. The van der Waals surface area contributed by atoms with Gasteiger partial charge in [0.1, 0.15) is 6.29 Å². The third-order valence-corrected chi connectivity index (χ3v) is 2.87. The second-order valence-corrected chi connectivity index (χ2v) is 4.33. The van der Waals surface area contributed by atoms with Gasteiger partial charge in [0, 0.05) is 16.2 Å². The lowest BCUT2D eigenvalue weighted by atomic mass is 10.2. The SMILES string of the molecule is O=Cc1ccc(-n2ccc(C(F)(F)F)n2)c(Br)c1. The van der Waals surface area contributed by atoms with E-state index in [9.17, 15) is 18.0 Å². The van der Waals surface area contributed by atoms with Crippen molar-refractivity contribution in [1.29, 1.82) is 0 Å². The van der Waals surface area contributed by atoms with E-state index < -0.39 is 11.9 Å². The maximum absolute atomic E-state index is 12.4. The molecule has 94 valence electrons. The number of hydrogen-bond acceptors (Lipinski definition) is 2. The van der Waals surface area contributed by atoms with Gasteiger partial charge in [0.2, 0.25) is 0 Å². The molecule has 0 saturated carbocycles. The number of hydrogen-bond donors (Lipinski definition) is 0. The number of nitrogens with zero attached hydrogens (tertiary/aromatic N) is 2. The third-order valence-electron chi connectivity index (χ3n) is 2.23. The first-order valence-corrected chi connectivity index (χ1v) is 5.59. The van der Waals surface area contributed by atoms with Crippen LogP contribution in [0.1, 0.15) is 16.1 Å². The molecule has 1 heterocycles. The Bertz CT molecular complexity index is 592. The van der Waals surface area contributed by atoms with Crippen LogP contribution in [0.25, 0.3) is 5.69 Å². The van der Waals surface area contributed by atoms with Crippen molar-refractivity contribution in [2.45, 2.75) is 6.18 Å². The van der Waals surface area contributed by atoms with Crippen LogP contribution in [0.3, 0.4) is 0 Å². The summed E-state index contributed by atoms with van der Waals surface area (Å²) in [6, 6.07) is 5.42. The lowest BCUT2D eigenvalue weighted by Gasteiger charge is -2.05. The molecule has 0 fully saturated rings. The predicted molar refractivity (Wildman–Crippen MR) is 61.7 cm³/mol. The number of aromatic nitrogens is 2. The van der Waals surface area contributed by atoms with E-state index in [1.165, 1.54) is 24.4 Å². The summed E-state index contributed by atoms with van der Waals surface area (Å²) < 4.78 is 38.8. The van der Waals surface area contributed by atoms with Gasteiger partial charge in [-0.2, -0.15) is 18.3 Å². The highest BCUT2D eigenvalue weighted by atomic mass is 79.9. The number of rotatable bonds is 2. The molecule has 0 unspecified atom stereocenters. The maximum atomic E-state index is 12.4. The van der Waals surface area contributed by atoms with Crippen LogP contribution in [0, 0.1) is 0 Å². The number of aldehydes is 1. The topological polar surface area (TPSA) is 34.9 Å². The Kier molecular flexibility index (Phi) is 3.25. The molecule has 0 N–H and O–H groups in total. The van der Waals surface area contributed by atoms with Crippen molar-refractivity contribution >= 4 is 22.2 Å². The van der Waals surface area contributed by atoms with Gasteiger partial charge in [-0.1, -0.05) is 0 Å². The minimum atomic E-state index is -4.47. The normalized spacial score (nSPS) is 11.6. The van der Waals surface area contributed by atoms with Crippen LogP contribution in [0.4, 0.5) is 13.2 Å². The lowest BCUT2D eigenvalue weighted by molar-refractivity contribution is -0.141. The van der Waals surface area contributed by atoms with Gasteiger partial charge in [-0.3, -0.25) is 4.79 Å². The quantitative estimate of drug-likeness (QED) is 0.795. The van der Waals surface area contributed by atoms with Gasteiger partial charge < -0.3 is 0 Å². The van der Waals surface area contributed by atoms with Crippen molar-refractivity contribution in [2.75, 3.05) is 0 Å². The van der Waals surface area contributed by atoms with Gasteiger partial charge >= 0.3 is 6.18 Å².